The van der Waals surface area contributed by atoms with Gasteiger partial charge in [0.2, 0.25) is 0 Å². The number of halogens is 1. The highest BCUT2D eigenvalue weighted by Gasteiger charge is 2.63. The Morgan fingerprint density at radius 1 is 1.33 bits per heavy atom. The third-order valence-corrected chi connectivity index (χ3v) is 6.20. The van der Waals surface area contributed by atoms with Crippen molar-refractivity contribution in [2.24, 2.45) is 16.7 Å². The van der Waals surface area contributed by atoms with Gasteiger partial charge < -0.3 is 5.32 Å². The largest absolute Gasteiger partial charge is 0.360 e. The minimum atomic E-state index is -0.207. The van der Waals surface area contributed by atoms with Crippen LogP contribution in [0.3, 0.4) is 0 Å². The van der Waals surface area contributed by atoms with Gasteiger partial charge in [-0.05, 0) is 48.8 Å². The van der Waals surface area contributed by atoms with Crippen LogP contribution < -0.4 is 5.32 Å². The van der Waals surface area contributed by atoms with Crippen molar-refractivity contribution in [2.45, 2.75) is 40.5 Å². The Morgan fingerprint density at radius 3 is 2.67 bits per heavy atom. The van der Waals surface area contributed by atoms with Crippen LogP contribution in [0.2, 0.25) is 5.02 Å². The molecule has 2 atom stereocenters. The highest BCUT2D eigenvalue weighted by molar-refractivity contribution is 6.33. The molecule has 2 nitrogen and oxygen atoms in total. The molecule has 3 heteroatoms. The number of allylic oxidation sites excluding steroid dienone is 1. The van der Waals surface area contributed by atoms with Crippen molar-refractivity contribution < 1.29 is 4.79 Å². The first kappa shape index (κ1) is 14.6. The SMILES string of the molecule is Cc1ccc(Cl)c(N/C=C2/C(=O)[C@@]3(C)CC[C@H]2C3(C)C)c1. The van der Waals surface area contributed by atoms with Gasteiger partial charge >= 0.3 is 0 Å². The van der Waals surface area contributed by atoms with Crippen molar-refractivity contribution in [3.05, 3.63) is 40.6 Å². The minimum Gasteiger partial charge on any atom is -0.360 e. The fourth-order valence-corrected chi connectivity index (χ4v) is 4.17. The van der Waals surface area contributed by atoms with Crippen LogP contribution in [-0.4, -0.2) is 5.78 Å². The van der Waals surface area contributed by atoms with Gasteiger partial charge in [-0.3, -0.25) is 4.79 Å². The predicted molar refractivity (Wildman–Crippen MR) is 87.5 cm³/mol. The Balaban J connectivity index is 1.92. The Bertz CT molecular complexity index is 647. The molecule has 2 aliphatic rings. The lowest BCUT2D eigenvalue weighted by molar-refractivity contribution is -0.125. The van der Waals surface area contributed by atoms with Crippen molar-refractivity contribution in [3.63, 3.8) is 0 Å². The number of ketones is 1. The quantitative estimate of drug-likeness (QED) is 0.782. The number of hydrogen-bond donors (Lipinski definition) is 1. The van der Waals surface area contributed by atoms with Crippen molar-refractivity contribution >= 4 is 23.1 Å². The topological polar surface area (TPSA) is 29.1 Å². The highest BCUT2D eigenvalue weighted by atomic mass is 35.5. The molecule has 3 rings (SSSR count). The summed E-state index contributed by atoms with van der Waals surface area (Å²) in [5.41, 5.74) is 2.79. The number of aryl methyl sites for hydroxylation is 1. The van der Waals surface area contributed by atoms with Crippen LogP contribution in [0, 0.1) is 23.7 Å². The molecule has 1 aromatic rings. The molecule has 2 bridgehead atoms. The summed E-state index contributed by atoms with van der Waals surface area (Å²) in [7, 11) is 0. The number of carbonyl (C=O) groups is 1. The predicted octanol–water partition coefficient (Wildman–Crippen LogP) is 4.97. The minimum absolute atomic E-state index is 0.0496. The standard InChI is InChI=1S/C18H22ClNO/c1-11-5-6-14(19)15(9-11)20-10-12-13-7-8-18(4,16(12)21)17(13,2)3/h5-6,9-10,13,20H,7-8H2,1-4H3/b12-10+/t13-,18-/m1/s1. The van der Waals surface area contributed by atoms with Gasteiger partial charge in [-0.2, -0.15) is 0 Å². The summed E-state index contributed by atoms with van der Waals surface area (Å²) in [6.07, 6.45) is 4.00. The second-order valence-corrected chi connectivity index (χ2v) is 7.61. The second-order valence-electron chi connectivity index (χ2n) is 7.20. The first-order valence-corrected chi connectivity index (χ1v) is 7.93. The molecule has 1 N–H and O–H groups in total. The van der Waals surface area contributed by atoms with E-state index in [4.69, 9.17) is 11.6 Å². The van der Waals surface area contributed by atoms with Gasteiger partial charge in [-0.15, -0.1) is 0 Å². The Labute approximate surface area is 131 Å². The van der Waals surface area contributed by atoms with E-state index >= 15 is 0 Å². The van der Waals surface area contributed by atoms with Crippen LogP contribution in [0.1, 0.15) is 39.2 Å². The maximum Gasteiger partial charge on any atom is 0.167 e. The summed E-state index contributed by atoms with van der Waals surface area (Å²) in [4.78, 5) is 12.7. The lowest BCUT2D eigenvalue weighted by atomic mass is 9.70. The molecular weight excluding hydrogens is 282 g/mol. The zero-order valence-electron chi connectivity index (χ0n) is 13.1. The first-order chi connectivity index (χ1) is 9.77. The van der Waals surface area contributed by atoms with Gasteiger partial charge in [0.25, 0.3) is 0 Å². The monoisotopic (exact) mass is 303 g/mol. The van der Waals surface area contributed by atoms with E-state index in [9.17, 15) is 4.79 Å². The number of benzene rings is 1. The summed E-state index contributed by atoms with van der Waals surface area (Å²) in [5.74, 6) is 0.658. The van der Waals surface area contributed by atoms with Gasteiger partial charge in [0.15, 0.2) is 5.78 Å². The van der Waals surface area contributed by atoms with Crippen molar-refractivity contribution in [1.29, 1.82) is 0 Å². The van der Waals surface area contributed by atoms with Crippen LogP contribution >= 0.6 is 11.6 Å². The van der Waals surface area contributed by atoms with Crippen LogP contribution in [0.4, 0.5) is 5.69 Å². The molecule has 0 radical (unpaired) electrons. The molecule has 21 heavy (non-hydrogen) atoms. The lowest BCUT2D eigenvalue weighted by Crippen LogP contribution is -2.32. The normalized spacial score (nSPS) is 32.0. The average molecular weight is 304 g/mol. The average Bonchev–Trinajstić information content (AvgIpc) is 2.73. The van der Waals surface area contributed by atoms with Gasteiger partial charge in [0, 0.05) is 17.2 Å². The number of nitrogens with one attached hydrogen (secondary N) is 1. The van der Waals surface area contributed by atoms with E-state index < -0.39 is 0 Å². The molecule has 0 saturated heterocycles. The van der Waals surface area contributed by atoms with Crippen LogP contribution in [-0.2, 0) is 4.79 Å². The van der Waals surface area contributed by atoms with Gasteiger partial charge in [0.05, 0.1) is 10.7 Å². The molecule has 2 aliphatic carbocycles. The zero-order valence-corrected chi connectivity index (χ0v) is 13.8. The van der Waals surface area contributed by atoms with E-state index in [1.165, 1.54) is 0 Å². The van der Waals surface area contributed by atoms with Gasteiger partial charge in [-0.1, -0.05) is 38.4 Å². The van der Waals surface area contributed by atoms with E-state index in [1.54, 1.807) is 0 Å². The number of carbonyl (C=O) groups excluding carboxylic acids is 1. The van der Waals surface area contributed by atoms with Crippen molar-refractivity contribution in [2.75, 3.05) is 5.32 Å². The number of hydrogen-bond acceptors (Lipinski definition) is 2. The fourth-order valence-electron chi connectivity index (χ4n) is 4.00. The van der Waals surface area contributed by atoms with Crippen LogP contribution in [0.5, 0.6) is 0 Å². The summed E-state index contributed by atoms with van der Waals surface area (Å²) in [6.45, 7) is 8.60. The molecule has 0 aromatic heterocycles. The molecule has 0 aliphatic heterocycles. The van der Waals surface area contributed by atoms with Crippen molar-refractivity contribution in [3.8, 4) is 0 Å². The Kier molecular flexibility index (Phi) is 3.21. The summed E-state index contributed by atoms with van der Waals surface area (Å²) < 4.78 is 0. The van der Waals surface area contributed by atoms with E-state index in [1.807, 2.05) is 31.3 Å². The molecule has 2 saturated carbocycles. The Hall–Kier alpha value is -1.28. The molecule has 0 heterocycles. The first-order valence-electron chi connectivity index (χ1n) is 7.55. The van der Waals surface area contributed by atoms with E-state index in [2.05, 4.69) is 26.1 Å². The van der Waals surface area contributed by atoms with Crippen LogP contribution in [0.15, 0.2) is 30.0 Å². The smallest absolute Gasteiger partial charge is 0.167 e. The number of Topliss-reactive ketones (excluding diaryl/α,β-unsaturated/α-hetero) is 1. The molecule has 2 fully saturated rings. The molecular formula is C18H22ClNO. The summed E-state index contributed by atoms with van der Waals surface area (Å²) in [5, 5.41) is 3.93. The number of anilines is 1. The maximum absolute atomic E-state index is 12.7. The van der Waals surface area contributed by atoms with E-state index in [0.717, 1.165) is 29.7 Å². The molecule has 0 unspecified atom stereocenters. The lowest BCUT2D eigenvalue weighted by Gasteiger charge is -2.31. The van der Waals surface area contributed by atoms with Gasteiger partial charge in [0.1, 0.15) is 0 Å². The third-order valence-electron chi connectivity index (χ3n) is 5.87. The van der Waals surface area contributed by atoms with E-state index in [-0.39, 0.29) is 10.8 Å². The third kappa shape index (κ3) is 1.96. The molecule has 112 valence electrons. The second kappa shape index (κ2) is 4.61. The molecule has 0 spiro atoms. The van der Waals surface area contributed by atoms with Crippen molar-refractivity contribution in [1.82, 2.24) is 0 Å². The fraction of sp³-hybridized carbons (Fsp3) is 0.500. The van der Waals surface area contributed by atoms with Gasteiger partial charge in [-0.25, -0.2) is 0 Å². The Morgan fingerprint density at radius 2 is 2.05 bits per heavy atom. The number of fused-ring (bicyclic) bond motifs is 2. The van der Waals surface area contributed by atoms with Crippen LogP contribution in [0.25, 0.3) is 0 Å². The summed E-state index contributed by atoms with van der Waals surface area (Å²) >= 11 is 6.20. The summed E-state index contributed by atoms with van der Waals surface area (Å²) in [6, 6.07) is 5.86. The molecule has 0 amide bonds. The zero-order chi connectivity index (χ0) is 15.4. The highest BCUT2D eigenvalue weighted by Crippen LogP contribution is 2.65. The maximum atomic E-state index is 12.7. The molecule has 1 aromatic carbocycles. The number of rotatable bonds is 2. The van der Waals surface area contributed by atoms with E-state index in [0.29, 0.717) is 16.7 Å².